The molecule has 4 N–H and O–H groups in total. The number of hydrogen-bond donors (Lipinski definition) is 4. The number of phenolic OH excluding ortho intramolecular Hbond substituents is 1. The normalized spacial score (nSPS) is 15.7. The van der Waals surface area contributed by atoms with Crippen LogP contribution in [0.4, 0.5) is 11.4 Å². The molecule has 5 heteroatoms. The maximum atomic E-state index is 12.2. The monoisotopic (exact) mass is 298 g/mol. The highest BCUT2D eigenvalue weighted by atomic mass is 16.3. The highest BCUT2D eigenvalue weighted by Crippen LogP contribution is 2.39. The Kier molecular flexibility index (Phi) is 3.30. The Labute approximate surface area is 128 Å². The van der Waals surface area contributed by atoms with Gasteiger partial charge in [0.2, 0.25) is 5.91 Å². The fourth-order valence-corrected chi connectivity index (χ4v) is 2.63. The maximum absolute atomic E-state index is 12.2. The Morgan fingerprint density at radius 2 is 1.77 bits per heavy atom. The molecule has 0 saturated carbocycles. The number of nitrogens with one attached hydrogen (secondary N) is 2. The lowest BCUT2D eigenvalue weighted by Gasteiger charge is -2.34. The van der Waals surface area contributed by atoms with E-state index in [2.05, 4.69) is 10.6 Å². The Balaban J connectivity index is 2.14. The minimum absolute atomic E-state index is 0.141. The molecule has 0 bridgehead atoms. The van der Waals surface area contributed by atoms with Gasteiger partial charge >= 0.3 is 0 Å². The third-order valence-electron chi connectivity index (χ3n) is 3.90. The van der Waals surface area contributed by atoms with Crippen LogP contribution in [0.2, 0.25) is 0 Å². The van der Waals surface area contributed by atoms with Crippen LogP contribution >= 0.6 is 0 Å². The van der Waals surface area contributed by atoms with E-state index in [1.165, 1.54) is 0 Å². The average molecular weight is 298 g/mol. The lowest BCUT2D eigenvalue weighted by Crippen LogP contribution is -2.47. The number of aliphatic hydroxyl groups excluding tert-OH is 1. The van der Waals surface area contributed by atoms with Crippen LogP contribution in [-0.2, 0) is 11.4 Å². The predicted molar refractivity (Wildman–Crippen MR) is 85.8 cm³/mol. The van der Waals surface area contributed by atoms with Crippen LogP contribution in [-0.4, -0.2) is 21.7 Å². The first-order valence-corrected chi connectivity index (χ1v) is 7.08. The second-order valence-corrected chi connectivity index (χ2v) is 5.92. The van der Waals surface area contributed by atoms with Crippen molar-refractivity contribution >= 4 is 17.3 Å². The molecule has 1 amide bonds. The summed E-state index contributed by atoms with van der Waals surface area (Å²) in [6.45, 7) is 3.41. The van der Waals surface area contributed by atoms with Gasteiger partial charge in [-0.05, 0) is 43.2 Å². The number of hydrogen-bond acceptors (Lipinski definition) is 4. The highest BCUT2D eigenvalue weighted by molar-refractivity contribution is 6.07. The van der Waals surface area contributed by atoms with E-state index in [1.807, 2.05) is 12.1 Å². The molecule has 5 nitrogen and oxygen atoms in total. The van der Waals surface area contributed by atoms with Crippen LogP contribution in [0.1, 0.15) is 19.4 Å². The summed E-state index contributed by atoms with van der Waals surface area (Å²) in [7, 11) is 0. The van der Waals surface area contributed by atoms with Gasteiger partial charge in [-0.25, -0.2) is 0 Å². The summed E-state index contributed by atoms with van der Waals surface area (Å²) in [5, 5.41) is 25.2. The molecule has 0 fully saturated rings. The molecule has 0 unspecified atom stereocenters. The van der Waals surface area contributed by atoms with Gasteiger partial charge in [0.25, 0.3) is 0 Å². The molecule has 1 aliphatic heterocycles. The largest absolute Gasteiger partial charge is 0.508 e. The molecule has 3 rings (SSSR count). The molecular formula is C17H18N2O3. The topological polar surface area (TPSA) is 81.6 Å². The van der Waals surface area contributed by atoms with E-state index in [-0.39, 0.29) is 18.3 Å². The van der Waals surface area contributed by atoms with Crippen LogP contribution in [0.5, 0.6) is 5.75 Å². The molecule has 22 heavy (non-hydrogen) atoms. The second-order valence-electron chi connectivity index (χ2n) is 5.92. The van der Waals surface area contributed by atoms with E-state index >= 15 is 0 Å². The van der Waals surface area contributed by atoms with Crippen molar-refractivity contribution in [3.8, 4) is 16.9 Å². The molecule has 114 valence electrons. The molecular weight excluding hydrogens is 280 g/mol. The Bertz CT molecular complexity index is 736. The van der Waals surface area contributed by atoms with Crippen LogP contribution < -0.4 is 10.6 Å². The first-order chi connectivity index (χ1) is 10.4. The second kappa shape index (κ2) is 5.03. The Morgan fingerprint density at radius 3 is 2.41 bits per heavy atom. The van der Waals surface area contributed by atoms with Crippen molar-refractivity contribution in [1.29, 1.82) is 0 Å². The standard InChI is InChI=1S/C17H18N2O3/c1-17(2)16(22)18-15-13(9-20)12(7-8-14(15)19-17)10-3-5-11(21)6-4-10/h3-8,19-21H,9H2,1-2H3,(H,18,22). The summed E-state index contributed by atoms with van der Waals surface area (Å²) in [5.41, 5.74) is 3.04. The molecule has 0 spiro atoms. The summed E-state index contributed by atoms with van der Waals surface area (Å²) in [5.74, 6) is 0.0431. The van der Waals surface area contributed by atoms with Crippen molar-refractivity contribution in [3.05, 3.63) is 42.0 Å². The molecule has 1 heterocycles. The maximum Gasteiger partial charge on any atom is 0.249 e. The van der Waals surface area contributed by atoms with Gasteiger partial charge in [-0.1, -0.05) is 18.2 Å². The van der Waals surface area contributed by atoms with E-state index in [1.54, 1.807) is 38.1 Å². The number of amides is 1. The van der Waals surface area contributed by atoms with Crippen molar-refractivity contribution in [2.45, 2.75) is 26.0 Å². The number of carbonyl (C=O) groups is 1. The van der Waals surface area contributed by atoms with Gasteiger partial charge in [0, 0.05) is 5.56 Å². The third-order valence-corrected chi connectivity index (χ3v) is 3.90. The molecule has 2 aromatic carbocycles. The predicted octanol–water partition coefficient (Wildman–Crippen LogP) is 2.69. The number of fused-ring (bicyclic) bond motifs is 1. The summed E-state index contributed by atoms with van der Waals surface area (Å²) >= 11 is 0. The zero-order valence-corrected chi connectivity index (χ0v) is 12.5. The number of benzene rings is 2. The number of aromatic hydroxyl groups is 1. The summed E-state index contributed by atoms with van der Waals surface area (Å²) in [6.07, 6.45) is 0. The third kappa shape index (κ3) is 2.29. The minimum atomic E-state index is -0.695. The quantitative estimate of drug-likeness (QED) is 0.687. The van der Waals surface area contributed by atoms with E-state index in [0.717, 1.165) is 16.8 Å². The first kappa shape index (κ1) is 14.4. The lowest BCUT2D eigenvalue weighted by atomic mass is 9.93. The number of carbonyl (C=O) groups excluding carboxylic acids is 1. The van der Waals surface area contributed by atoms with Gasteiger partial charge in [0.15, 0.2) is 0 Å². The first-order valence-electron chi connectivity index (χ1n) is 7.08. The van der Waals surface area contributed by atoms with Gasteiger partial charge in [-0.2, -0.15) is 0 Å². The fraction of sp³-hybridized carbons (Fsp3) is 0.235. The van der Waals surface area contributed by atoms with Crippen LogP contribution in [0.15, 0.2) is 36.4 Å². The smallest absolute Gasteiger partial charge is 0.249 e. The molecule has 0 saturated heterocycles. The van der Waals surface area contributed by atoms with Gasteiger partial charge in [0.1, 0.15) is 11.3 Å². The zero-order valence-electron chi connectivity index (χ0n) is 12.5. The molecule has 0 atom stereocenters. The highest BCUT2D eigenvalue weighted by Gasteiger charge is 2.34. The Hall–Kier alpha value is -2.53. The van der Waals surface area contributed by atoms with Crippen LogP contribution in [0.25, 0.3) is 11.1 Å². The molecule has 0 aromatic heterocycles. The van der Waals surface area contributed by atoms with Crippen molar-refractivity contribution in [1.82, 2.24) is 0 Å². The fourth-order valence-electron chi connectivity index (χ4n) is 2.63. The van der Waals surface area contributed by atoms with E-state index < -0.39 is 5.54 Å². The van der Waals surface area contributed by atoms with Crippen LogP contribution in [0, 0.1) is 0 Å². The number of aliphatic hydroxyl groups is 1. The minimum Gasteiger partial charge on any atom is -0.508 e. The molecule has 1 aliphatic rings. The van der Waals surface area contributed by atoms with Gasteiger partial charge in [-0.3, -0.25) is 4.79 Å². The lowest BCUT2D eigenvalue weighted by molar-refractivity contribution is -0.119. The summed E-state index contributed by atoms with van der Waals surface area (Å²) in [4.78, 5) is 12.2. The van der Waals surface area contributed by atoms with Gasteiger partial charge < -0.3 is 20.8 Å². The van der Waals surface area contributed by atoms with Crippen LogP contribution in [0.3, 0.4) is 0 Å². The number of phenols is 1. The van der Waals surface area contributed by atoms with Gasteiger partial charge in [0.05, 0.1) is 18.0 Å². The van der Waals surface area contributed by atoms with Crippen molar-refractivity contribution in [3.63, 3.8) is 0 Å². The van der Waals surface area contributed by atoms with Crippen molar-refractivity contribution < 1.29 is 15.0 Å². The number of anilines is 2. The van der Waals surface area contributed by atoms with E-state index in [0.29, 0.717) is 11.3 Å². The van der Waals surface area contributed by atoms with Crippen molar-refractivity contribution in [2.24, 2.45) is 0 Å². The molecule has 2 aromatic rings. The summed E-state index contributed by atoms with van der Waals surface area (Å²) < 4.78 is 0. The Morgan fingerprint density at radius 1 is 1.09 bits per heavy atom. The van der Waals surface area contributed by atoms with Crippen molar-refractivity contribution in [2.75, 3.05) is 10.6 Å². The molecule has 0 aliphatic carbocycles. The average Bonchev–Trinajstić information content (AvgIpc) is 2.48. The number of rotatable bonds is 2. The van der Waals surface area contributed by atoms with E-state index in [9.17, 15) is 15.0 Å². The van der Waals surface area contributed by atoms with Gasteiger partial charge in [-0.15, -0.1) is 0 Å². The SMILES string of the molecule is CC1(C)Nc2ccc(-c3ccc(O)cc3)c(CO)c2NC1=O. The molecule has 0 radical (unpaired) electrons. The van der Waals surface area contributed by atoms with E-state index in [4.69, 9.17) is 0 Å². The summed E-state index contributed by atoms with van der Waals surface area (Å²) in [6, 6.07) is 10.5. The zero-order chi connectivity index (χ0) is 15.9.